The number of ether oxygens (including phenoxy) is 2. The van der Waals surface area contributed by atoms with Gasteiger partial charge < -0.3 is 9.47 Å². The smallest absolute Gasteiger partial charge is 0.320 e. The molecule has 4 heteroatoms. The predicted octanol–water partition coefficient (Wildman–Crippen LogP) is 3.78. The number of carbonyl (C=O) groups excluding carboxylic acids is 1. The number of hydrogen-bond donors (Lipinski definition) is 0. The fourth-order valence-corrected chi connectivity index (χ4v) is 2.76. The van der Waals surface area contributed by atoms with Crippen LogP contribution in [0.5, 0.6) is 0 Å². The van der Waals surface area contributed by atoms with Crippen molar-refractivity contribution in [3.05, 3.63) is 0 Å². The maximum absolute atomic E-state index is 11.7. The fourth-order valence-electron chi connectivity index (χ4n) is 2.76. The van der Waals surface area contributed by atoms with Crippen LogP contribution in [0.3, 0.4) is 0 Å². The number of unbranched alkanes of at least 4 members (excludes halogenated alkanes) is 9. The van der Waals surface area contributed by atoms with E-state index in [9.17, 15) is 4.79 Å². The minimum Gasteiger partial charge on any atom is -0.465 e. The highest BCUT2D eigenvalue weighted by Crippen LogP contribution is 2.10. The van der Waals surface area contributed by atoms with Crippen molar-refractivity contribution in [1.29, 1.82) is 0 Å². The molecule has 0 radical (unpaired) electrons. The van der Waals surface area contributed by atoms with E-state index in [-0.39, 0.29) is 5.97 Å². The highest BCUT2D eigenvalue weighted by atomic mass is 16.5. The molecule has 0 bridgehead atoms. The monoisotopic (exact) mass is 313 g/mol. The Labute approximate surface area is 136 Å². The Morgan fingerprint density at radius 3 is 2.05 bits per heavy atom. The number of nitrogens with zero attached hydrogens (tertiary/aromatic N) is 1. The number of morpholine rings is 1. The Morgan fingerprint density at radius 1 is 0.909 bits per heavy atom. The van der Waals surface area contributed by atoms with Crippen LogP contribution in [0, 0.1) is 0 Å². The number of rotatable bonds is 13. The molecule has 0 aromatic heterocycles. The summed E-state index contributed by atoms with van der Waals surface area (Å²) in [6.45, 7) is 6.40. The summed E-state index contributed by atoms with van der Waals surface area (Å²) in [5.41, 5.74) is 0. The standard InChI is InChI=1S/C18H35NO3/c1-2-3-4-5-6-7-8-9-10-11-14-22-18(20)17-19-12-15-21-16-13-19/h2-17H2,1H3. The van der Waals surface area contributed by atoms with Crippen LogP contribution in [0.1, 0.15) is 71.1 Å². The van der Waals surface area contributed by atoms with Crippen molar-refractivity contribution in [3.63, 3.8) is 0 Å². The summed E-state index contributed by atoms with van der Waals surface area (Å²) in [4.78, 5) is 13.8. The summed E-state index contributed by atoms with van der Waals surface area (Å²) < 4.78 is 10.6. The molecule has 0 aliphatic carbocycles. The largest absolute Gasteiger partial charge is 0.465 e. The highest BCUT2D eigenvalue weighted by molar-refractivity contribution is 5.71. The van der Waals surface area contributed by atoms with Crippen molar-refractivity contribution < 1.29 is 14.3 Å². The molecule has 4 nitrogen and oxygen atoms in total. The average Bonchev–Trinajstić information content (AvgIpc) is 2.53. The molecule has 0 aromatic carbocycles. The molecule has 130 valence electrons. The summed E-state index contributed by atoms with van der Waals surface area (Å²) in [5.74, 6) is -0.0853. The van der Waals surface area contributed by atoms with Crippen molar-refractivity contribution in [2.45, 2.75) is 71.1 Å². The molecule has 1 aliphatic rings. The number of carbonyl (C=O) groups is 1. The second-order valence-electron chi connectivity index (χ2n) is 6.29. The minimum absolute atomic E-state index is 0.0853. The highest BCUT2D eigenvalue weighted by Gasteiger charge is 2.14. The van der Waals surface area contributed by atoms with Crippen molar-refractivity contribution >= 4 is 5.97 Å². The summed E-state index contributed by atoms with van der Waals surface area (Å²) in [5, 5.41) is 0. The topological polar surface area (TPSA) is 38.8 Å². The Bertz CT molecular complexity index is 265. The van der Waals surface area contributed by atoms with Crippen LogP contribution < -0.4 is 0 Å². The third kappa shape index (κ3) is 11.0. The quantitative estimate of drug-likeness (QED) is 0.383. The summed E-state index contributed by atoms with van der Waals surface area (Å²) in [7, 11) is 0. The Morgan fingerprint density at radius 2 is 1.45 bits per heavy atom. The molecule has 1 aliphatic heterocycles. The molecule has 1 rings (SSSR count). The fraction of sp³-hybridized carbons (Fsp3) is 0.944. The van der Waals surface area contributed by atoms with Crippen molar-refractivity contribution in [3.8, 4) is 0 Å². The first-order valence-electron chi connectivity index (χ1n) is 9.28. The van der Waals surface area contributed by atoms with Crippen LogP contribution in [-0.2, 0) is 14.3 Å². The van der Waals surface area contributed by atoms with Gasteiger partial charge in [0.15, 0.2) is 0 Å². The zero-order chi connectivity index (χ0) is 15.9. The van der Waals surface area contributed by atoms with Gasteiger partial charge in [0.25, 0.3) is 0 Å². The van der Waals surface area contributed by atoms with Crippen molar-refractivity contribution in [2.75, 3.05) is 39.5 Å². The lowest BCUT2D eigenvalue weighted by Crippen LogP contribution is -2.40. The van der Waals surface area contributed by atoms with E-state index in [1.54, 1.807) is 0 Å². The lowest BCUT2D eigenvalue weighted by Gasteiger charge is -2.25. The molecule has 22 heavy (non-hydrogen) atoms. The van der Waals surface area contributed by atoms with Crippen LogP contribution in [-0.4, -0.2) is 50.3 Å². The molecule has 0 atom stereocenters. The molecule has 1 fully saturated rings. The van der Waals surface area contributed by atoms with Gasteiger partial charge >= 0.3 is 5.97 Å². The normalized spacial score (nSPS) is 15.9. The molecule has 0 spiro atoms. The van der Waals surface area contributed by atoms with Crippen LogP contribution in [0.15, 0.2) is 0 Å². The van der Waals surface area contributed by atoms with Gasteiger partial charge in [-0.15, -0.1) is 0 Å². The zero-order valence-corrected chi connectivity index (χ0v) is 14.5. The maximum atomic E-state index is 11.7. The van der Waals surface area contributed by atoms with Gasteiger partial charge in [-0.2, -0.15) is 0 Å². The first-order valence-corrected chi connectivity index (χ1v) is 9.28. The van der Waals surface area contributed by atoms with E-state index in [0.29, 0.717) is 13.2 Å². The molecule has 0 amide bonds. The van der Waals surface area contributed by atoms with Crippen LogP contribution >= 0.6 is 0 Å². The van der Waals surface area contributed by atoms with Crippen LogP contribution in [0.2, 0.25) is 0 Å². The molecule has 0 unspecified atom stereocenters. The molecule has 0 saturated carbocycles. The minimum atomic E-state index is -0.0853. The summed E-state index contributed by atoms with van der Waals surface area (Å²) >= 11 is 0. The third-order valence-electron chi connectivity index (χ3n) is 4.22. The first-order chi connectivity index (χ1) is 10.8. The van der Waals surface area contributed by atoms with E-state index in [2.05, 4.69) is 11.8 Å². The molecule has 1 saturated heterocycles. The van der Waals surface area contributed by atoms with Crippen molar-refractivity contribution in [1.82, 2.24) is 4.90 Å². The lowest BCUT2D eigenvalue weighted by atomic mass is 10.1. The van der Waals surface area contributed by atoms with Gasteiger partial charge in [-0.1, -0.05) is 64.7 Å². The predicted molar refractivity (Wildman–Crippen MR) is 90.1 cm³/mol. The first kappa shape index (κ1) is 19.4. The Kier molecular flexibility index (Phi) is 12.4. The van der Waals surface area contributed by atoms with E-state index < -0.39 is 0 Å². The van der Waals surface area contributed by atoms with Crippen molar-refractivity contribution in [2.24, 2.45) is 0 Å². The van der Waals surface area contributed by atoms with Crippen LogP contribution in [0.25, 0.3) is 0 Å². The van der Waals surface area contributed by atoms with Gasteiger partial charge in [0.2, 0.25) is 0 Å². The third-order valence-corrected chi connectivity index (χ3v) is 4.22. The molecule has 1 heterocycles. The van der Waals surface area contributed by atoms with Gasteiger partial charge in [-0.25, -0.2) is 0 Å². The molecule has 0 N–H and O–H groups in total. The second-order valence-corrected chi connectivity index (χ2v) is 6.29. The molecular formula is C18H35NO3. The van der Waals surface area contributed by atoms with E-state index in [4.69, 9.17) is 9.47 Å². The second kappa shape index (κ2) is 14.0. The van der Waals surface area contributed by atoms with Crippen LogP contribution in [0.4, 0.5) is 0 Å². The molecule has 0 aromatic rings. The van der Waals surface area contributed by atoms with E-state index in [1.165, 1.54) is 57.8 Å². The Hall–Kier alpha value is -0.610. The average molecular weight is 313 g/mol. The Balaban J connectivity index is 1.79. The number of esters is 1. The van der Waals surface area contributed by atoms with Gasteiger partial charge in [0.05, 0.1) is 26.4 Å². The molecular weight excluding hydrogens is 278 g/mol. The lowest BCUT2D eigenvalue weighted by molar-refractivity contribution is -0.146. The van der Waals surface area contributed by atoms with Gasteiger partial charge in [0.1, 0.15) is 0 Å². The van der Waals surface area contributed by atoms with E-state index >= 15 is 0 Å². The zero-order valence-electron chi connectivity index (χ0n) is 14.5. The summed E-state index contributed by atoms with van der Waals surface area (Å²) in [6, 6.07) is 0. The van der Waals surface area contributed by atoms with E-state index in [1.807, 2.05) is 0 Å². The van der Waals surface area contributed by atoms with Gasteiger partial charge in [0, 0.05) is 13.1 Å². The van der Waals surface area contributed by atoms with Gasteiger partial charge in [-0.3, -0.25) is 9.69 Å². The summed E-state index contributed by atoms with van der Waals surface area (Å²) in [6.07, 6.45) is 13.0. The number of hydrogen-bond acceptors (Lipinski definition) is 4. The maximum Gasteiger partial charge on any atom is 0.320 e. The SMILES string of the molecule is CCCCCCCCCCCCOC(=O)CN1CCOCC1. The van der Waals surface area contributed by atoms with Gasteiger partial charge in [-0.05, 0) is 6.42 Å². The van der Waals surface area contributed by atoms with E-state index in [0.717, 1.165) is 32.7 Å².